The Morgan fingerprint density at radius 2 is 2.00 bits per heavy atom. The largest absolute Gasteiger partial charge is 0.384 e. The average Bonchev–Trinajstić information content (AvgIpc) is 3.02. The summed E-state index contributed by atoms with van der Waals surface area (Å²) in [5.74, 6) is 0.0846. The number of methoxy groups -OCH3 is 1. The van der Waals surface area contributed by atoms with Crippen LogP contribution < -0.4 is 0 Å². The zero-order valence-electron chi connectivity index (χ0n) is 13.7. The highest BCUT2D eigenvalue weighted by Crippen LogP contribution is 2.33. The number of amides is 1. The smallest absolute Gasteiger partial charge is 0.227 e. The minimum atomic E-state index is -0.329. The van der Waals surface area contributed by atoms with Crippen molar-refractivity contribution in [1.82, 2.24) is 9.88 Å². The molecule has 2 atom stereocenters. The van der Waals surface area contributed by atoms with E-state index in [0.29, 0.717) is 25.3 Å². The molecule has 0 spiro atoms. The van der Waals surface area contributed by atoms with E-state index >= 15 is 0 Å². The van der Waals surface area contributed by atoms with E-state index in [0.717, 1.165) is 5.56 Å². The first-order chi connectivity index (χ1) is 11.7. The van der Waals surface area contributed by atoms with Crippen LogP contribution in [0.3, 0.4) is 0 Å². The summed E-state index contributed by atoms with van der Waals surface area (Å²) in [6.07, 6.45) is 3.63. The summed E-state index contributed by atoms with van der Waals surface area (Å²) < 4.78 is 19.1. The molecule has 1 aromatic heterocycles. The summed E-state index contributed by atoms with van der Waals surface area (Å²) in [4.78, 5) is 18.5. The van der Waals surface area contributed by atoms with E-state index in [1.807, 2.05) is 17.0 Å². The predicted molar refractivity (Wildman–Crippen MR) is 89.0 cm³/mol. The summed E-state index contributed by atoms with van der Waals surface area (Å²) in [6, 6.07) is 10.4. The highest BCUT2D eigenvalue weighted by molar-refractivity contribution is 5.79. The number of carbonyl (C=O) groups is 1. The Morgan fingerprint density at radius 1 is 1.25 bits per heavy atom. The lowest BCUT2D eigenvalue weighted by Gasteiger charge is -2.17. The minimum absolute atomic E-state index is 0.0437. The molecule has 126 valence electrons. The van der Waals surface area contributed by atoms with Crippen LogP contribution in [-0.4, -0.2) is 42.6 Å². The molecule has 1 fully saturated rings. The number of rotatable bonds is 5. The molecular weight excluding hydrogens is 307 g/mol. The monoisotopic (exact) mass is 328 g/mol. The number of benzene rings is 1. The fraction of sp³-hybridized carbons (Fsp3) is 0.368. The number of pyridine rings is 1. The third-order valence-electron chi connectivity index (χ3n) is 4.61. The quantitative estimate of drug-likeness (QED) is 0.847. The van der Waals surface area contributed by atoms with Gasteiger partial charge in [-0.05, 0) is 29.3 Å². The van der Waals surface area contributed by atoms with Gasteiger partial charge in [-0.25, -0.2) is 4.39 Å². The highest BCUT2D eigenvalue weighted by atomic mass is 19.1. The van der Waals surface area contributed by atoms with E-state index in [1.54, 1.807) is 37.7 Å². The van der Waals surface area contributed by atoms with Crippen molar-refractivity contribution in [1.29, 1.82) is 0 Å². The minimum Gasteiger partial charge on any atom is -0.384 e. The van der Waals surface area contributed by atoms with Crippen molar-refractivity contribution in [3.8, 4) is 0 Å². The second kappa shape index (κ2) is 7.53. The summed E-state index contributed by atoms with van der Waals surface area (Å²) in [6.45, 7) is 1.86. The molecule has 0 unspecified atom stereocenters. The van der Waals surface area contributed by atoms with Crippen LogP contribution in [0.4, 0.5) is 4.39 Å². The lowest BCUT2D eigenvalue weighted by molar-refractivity contribution is -0.129. The second-order valence-corrected chi connectivity index (χ2v) is 6.17. The van der Waals surface area contributed by atoms with Gasteiger partial charge in [-0.15, -0.1) is 0 Å². The maximum atomic E-state index is 13.8. The zero-order valence-corrected chi connectivity index (χ0v) is 13.7. The average molecular weight is 328 g/mol. The van der Waals surface area contributed by atoms with Gasteiger partial charge in [0.05, 0.1) is 13.0 Å². The van der Waals surface area contributed by atoms with E-state index < -0.39 is 0 Å². The fourth-order valence-electron chi connectivity index (χ4n) is 3.36. The normalized spacial score (nSPS) is 20.3. The first kappa shape index (κ1) is 16.6. The Balaban J connectivity index is 1.73. The molecule has 1 aliphatic heterocycles. The number of hydrogen-bond acceptors (Lipinski definition) is 3. The summed E-state index contributed by atoms with van der Waals surface area (Å²) >= 11 is 0. The van der Waals surface area contributed by atoms with Gasteiger partial charge in [0, 0.05) is 44.4 Å². The Kier molecular flexibility index (Phi) is 5.20. The summed E-state index contributed by atoms with van der Waals surface area (Å²) in [5.41, 5.74) is 1.60. The van der Waals surface area contributed by atoms with Gasteiger partial charge >= 0.3 is 0 Å². The molecule has 0 bridgehead atoms. The molecule has 0 radical (unpaired) electrons. The van der Waals surface area contributed by atoms with Gasteiger partial charge in [0.1, 0.15) is 5.82 Å². The zero-order chi connectivity index (χ0) is 16.9. The van der Waals surface area contributed by atoms with E-state index in [4.69, 9.17) is 4.74 Å². The van der Waals surface area contributed by atoms with Crippen LogP contribution >= 0.6 is 0 Å². The molecule has 1 saturated heterocycles. The lowest BCUT2D eigenvalue weighted by Crippen LogP contribution is -2.31. The third kappa shape index (κ3) is 3.62. The van der Waals surface area contributed by atoms with Crippen molar-refractivity contribution in [2.45, 2.75) is 12.3 Å². The maximum Gasteiger partial charge on any atom is 0.227 e. The third-order valence-corrected chi connectivity index (χ3v) is 4.61. The van der Waals surface area contributed by atoms with Crippen molar-refractivity contribution in [3.05, 3.63) is 65.7 Å². The number of aromatic nitrogens is 1. The van der Waals surface area contributed by atoms with Crippen LogP contribution in [0.25, 0.3) is 0 Å². The van der Waals surface area contributed by atoms with Crippen molar-refractivity contribution < 1.29 is 13.9 Å². The van der Waals surface area contributed by atoms with Gasteiger partial charge < -0.3 is 9.64 Å². The molecule has 4 nitrogen and oxygen atoms in total. The molecule has 1 aliphatic rings. The van der Waals surface area contributed by atoms with E-state index in [2.05, 4.69) is 4.98 Å². The Hall–Kier alpha value is -2.27. The molecule has 0 saturated carbocycles. The van der Waals surface area contributed by atoms with Crippen molar-refractivity contribution in [3.63, 3.8) is 0 Å². The van der Waals surface area contributed by atoms with Crippen LogP contribution in [-0.2, 0) is 16.0 Å². The molecule has 0 aliphatic carbocycles. The Bertz CT molecular complexity index is 693. The fourth-order valence-corrected chi connectivity index (χ4v) is 3.36. The second-order valence-electron chi connectivity index (χ2n) is 6.17. The van der Waals surface area contributed by atoms with Gasteiger partial charge in [0.15, 0.2) is 0 Å². The Morgan fingerprint density at radius 3 is 2.71 bits per heavy atom. The number of nitrogens with zero attached hydrogens (tertiary/aromatic N) is 2. The molecule has 3 rings (SSSR count). The van der Waals surface area contributed by atoms with Gasteiger partial charge in [-0.2, -0.15) is 0 Å². The molecule has 5 heteroatoms. The van der Waals surface area contributed by atoms with Crippen LogP contribution in [0.2, 0.25) is 0 Å². The number of ether oxygens (including phenoxy) is 1. The molecule has 1 aromatic carbocycles. The van der Waals surface area contributed by atoms with Crippen LogP contribution in [0.15, 0.2) is 48.8 Å². The highest BCUT2D eigenvalue weighted by Gasteiger charge is 2.36. The van der Waals surface area contributed by atoms with Crippen LogP contribution in [0.1, 0.15) is 17.0 Å². The first-order valence-corrected chi connectivity index (χ1v) is 8.09. The van der Waals surface area contributed by atoms with Gasteiger partial charge in [0.2, 0.25) is 5.91 Å². The molecular formula is C19H21FN2O2. The standard InChI is InChI=1S/C19H21FN2O2/c1-24-13-16-11-22(12-17(16)14-6-8-21-9-7-14)19(23)10-15-4-2-3-5-18(15)20/h2-9,16-17H,10-13H2,1H3/t16-,17-/m0/s1. The maximum absolute atomic E-state index is 13.8. The number of halogens is 1. The van der Waals surface area contributed by atoms with E-state index in [-0.39, 0.29) is 30.0 Å². The van der Waals surface area contributed by atoms with E-state index in [1.165, 1.54) is 6.07 Å². The summed E-state index contributed by atoms with van der Waals surface area (Å²) in [7, 11) is 1.67. The molecule has 1 amide bonds. The number of likely N-dealkylation sites (tertiary alicyclic amines) is 1. The van der Waals surface area contributed by atoms with Crippen LogP contribution in [0.5, 0.6) is 0 Å². The molecule has 2 heterocycles. The van der Waals surface area contributed by atoms with E-state index in [9.17, 15) is 9.18 Å². The van der Waals surface area contributed by atoms with Crippen molar-refractivity contribution in [2.75, 3.05) is 26.8 Å². The topological polar surface area (TPSA) is 42.4 Å². The Labute approximate surface area is 141 Å². The molecule has 0 N–H and O–H groups in total. The van der Waals surface area contributed by atoms with Crippen molar-refractivity contribution in [2.24, 2.45) is 5.92 Å². The number of carbonyl (C=O) groups excluding carboxylic acids is 1. The van der Waals surface area contributed by atoms with Gasteiger partial charge in [-0.3, -0.25) is 9.78 Å². The van der Waals surface area contributed by atoms with Gasteiger partial charge in [0.25, 0.3) is 0 Å². The van der Waals surface area contributed by atoms with Crippen molar-refractivity contribution >= 4 is 5.91 Å². The number of hydrogen-bond donors (Lipinski definition) is 0. The predicted octanol–water partition coefficient (Wildman–Crippen LogP) is 2.65. The first-order valence-electron chi connectivity index (χ1n) is 8.09. The molecule has 24 heavy (non-hydrogen) atoms. The lowest BCUT2D eigenvalue weighted by atomic mass is 9.90. The van der Waals surface area contributed by atoms with Gasteiger partial charge in [-0.1, -0.05) is 18.2 Å². The van der Waals surface area contributed by atoms with Crippen LogP contribution in [0, 0.1) is 11.7 Å². The summed E-state index contributed by atoms with van der Waals surface area (Å²) in [5, 5.41) is 0. The molecule has 2 aromatic rings. The SMILES string of the molecule is COC[C@@H]1CN(C(=O)Cc2ccccc2F)C[C@H]1c1ccncc1.